The largest absolute Gasteiger partial charge is 0.416 e. The van der Waals surface area contributed by atoms with Crippen molar-refractivity contribution in [3.63, 3.8) is 0 Å². The summed E-state index contributed by atoms with van der Waals surface area (Å²) in [5, 5.41) is 0.811. The number of aryl methyl sites for hydroxylation is 3. The van der Waals surface area contributed by atoms with Crippen LogP contribution in [-0.4, -0.2) is 41.7 Å². The van der Waals surface area contributed by atoms with Gasteiger partial charge in [-0.3, -0.25) is 4.79 Å². The third-order valence-corrected chi connectivity index (χ3v) is 6.51. The van der Waals surface area contributed by atoms with E-state index in [0.29, 0.717) is 49.4 Å². The van der Waals surface area contributed by atoms with Gasteiger partial charge in [-0.25, -0.2) is 0 Å². The van der Waals surface area contributed by atoms with Gasteiger partial charge >= 0.3 is 6.18 Å². The summed E-state index contributed by atoms with van der Waals surface area (Å²) >= 11 is 0. The van der Waals surface area contributed by atoms with Crippen molar-refractivity contribution in [3.8, 4) is 0 Å². The molecule has 1 aromatic heterocycles. The molecule has 1 aliphatic heterocycles. The first kappa shape index (κ1) is 22.4. The number of halogens is 3. The highest BCUT2D eigenvalue weighted by atomic mass is 19.4. The summed E-state index contributed by atoms with van der Waals surface area (Å²) in [6, 6.07) is 8.19. The van der Waals surface area contributed by atoms with Crippen molar-refractivity contribution in [1.29, 1.82) is 0 Å². The van der Waals surface area contributed by atoms with Crippen LogP contribution in [0.15, 0.2) is 30.3 Å². The second-order valence-corrected chi connectivity index (χ2v) is 8.53. The first-order valence-electron chi connectivity index (χ1n) is 10.7. The molecular weight excluding hydrogens is 417 g/mol. The van der Waals surface area contributed by atoms with E-state index < -0.39 is 11.7 Å². The molecule has 1 saturated heterocycles. The predicted molar refractivity (Wildman–Crippen MR) is 118 cm³/mol. The molecule has 4 nitrogen and oxygen atoms in total. The van der Waals surface area contributed by atoms with E-state index in [1.807, 2.05) is 41.5 Å². The number of carbonyl (C=O) groups excluding carboxylic acids is 1. The summed E-state index contributed by atoms with van der Waals surface area (Å²) < 4.78 is 47.1. The lowest BCUT2D eigenvalue weighted by atomic mass is 9.93. The summed E-state index contributed by atoms with van der Waals surface area (Å²) in [5.41, 5.74) is 5.10. The van der Waals surface area contributed by atoms with E-state index in [2.05, 4.69) is 0 Å². The second-order valence-electron chi connectivity index (χ2n) is 8.53. The Morgan fingerprint density at radius 1 is 1.03 bits per heavy atom. The third-order valence-electron chi connectivity index (χ3n) is 6.51. The first-order valence-corrected chi connectivity index (χ1v) is 10.7. The fourth-order valence-electron chi connectivity index (χ4n) is 4.51. The maximum absolute atomic E-state index is 13.3. The van der Waals surface area contributed by atoms with Crippen LogP contribution >= 0.6 is 0 Å². The standard InChI is InChI=1S/C25H27F3N2O2/c1-15-5-6-20(24(31)30-7-9-32-10-8-30)17(3)21(15)13-19-14-22-16(2)11-18(25(26,27)28)12-23(22)29(19)4/h5-6,11-12,14H,7-10,13H2,1-4H3. The van der Waals surface area contributed by atoms with E-state index in [9.17, 15) is 18.0 Å². The molecule has 7 heteroatoms. The Morgan fingerprint density at radius 2 is 1.72 bits per heavy atom. The Morgan fingerprint density at radius 3 is 2.38 bits per heavy atom. The molecule has 0 aliphatic carbocycles. The zero-order valence-electron chi connectivity index (χ0n) is 18.8. The molecule has 32 heavy (non-hydrogen) atoms. The number of hydrogen-bond donors (Lipinski definition) is 0. The minimum absolute atomic E-state index is 0.00486. The summed E-state index contributed by atoms with van der Waals surface area (Å²) in [6.45, 7) is 7.89. The summed E-state index contributed by atoms with van der Waals surface area (Å²) in [7, 11) is 1.80. The van der Waals surface area contributed by atoms with E-state index in [-0.39, 0.29) is 5.91 Å². The van der Waals surface area contributed by atoms with E-state index in [4.69, 9.17) is 4.74 Å². The van der Waals surface area contributed by atoms with Crippen LogP contribution in [0.2, 0.25) is 0 Å². The Balaban J connectivity index is 1.73. The lowest BCUT2D eigenvalue weighted by molar-refractivity contribution is -0.137. The maximum atomic E-state index is 13.3. The average Bonchev–Trinajstić information content (AvgIpc) is 3.07. The highest BCUT2D eigenvalue weighted by Gasteiger charge is 2.31. The molecule has 2 heterocycles. The van der Waals surface area contributed by atoms with Gasteiger partial charge in [-0.15, -0.1) is 0 Å². The molecule has 4 rings (SSSR count). The van der Waals surface area contributed by atoms with Crippen molar-refractivity contribution >= 4 is 16.8 Å². The number of fused-ring (bicyclic) bond motifs is 1. The lowest BCUT2D eigenvalue weighted by Gasteiger charge is -2.28. The van der Waals surface area contributed by atoms with Crippen LogP contribution < -0.4 is 0 Å². The van der Waals surface area contributed by atoms with Gasteiger partial charge in [0, 0.05) is 48.7 Å². The Kier molecular flexibility index (Phi) is 5.79. The van der Waals surface area contributed by atoms with Crippen molar-refractivity contribution in [3.05, 3.63) is 69.4 Å². The molecule has 0 N–H and O–H groups in total. The lowest BCUT2D eigenvalue weighted by Crippen LogP contribution is -2.41. The van der Waals surface area contributed by atoms with Crippen LogP contribution in [0.1, 0.15) is 43.9 Å². The molecule has 2 aromatic carbocycles. The molecule has 0 unspecified atom stereocenters. The average molecular weight is 444 g/mol. The van der Waals surface area contributed by atoms with Crippen molar-refractivity contribution in [1.82, 2.24) is 9.47 Å². The monoisotopic (exact) mass is 444 g/mol. The number of alkyl halides is 3. The molecule has 3 aromatic rings. The van der Waals surface area contributed by atoms with Gasteiger partial charge in [0.25, 0.3) is 5.91 Å². The van der Waals surface area contributed by atoms with Gasteiger partial charge in [-0.1, -0.05) is 6.07 Å². The number of morpholine rings is 1. The fraction of sp³-hybridized carbons (Fsp3) is 0.400. The van der Waals surface area contributed by atoms with Crippen molar-refractivity contribution in [2.75, 3.05) is 26.3 Å². The zero-order valence-corrected chi connectivity index (χ0v) is 18.8. The van der Waals surface area contributed by atoms with Crippen molar-refractivity contribution in [2.45, 2.75) is 33.4 Å². The van der Waals surface area contributed by atoms with Gasteiger partial charge in [0.05, 0.1) is 18.8 Å². The minimum atomic E-state index is -4.38. The Hall–Kier alpha value is -2.80. The Labute approximate surface area is 185 Å². The normalized spacial score (nSPS) is 14.9. The number of nitrogens with zero attached hydrogens (tertiary/aromatic N) is 2. The summed E-state index contributed by atoms with van der Waals surface area (Å²) in [4.78, 5) is 14.9. The van der Waals surface area contributed by atoms with Crippen LogP contribution in [0, 0.1) is 20.8 Å². The van der Waals surface area contributed by atoms with Crippen LogP contribution in [0.3, 0.4) is 0 Å². The van der Waals surface area contributed by atoms with Crippen LogP contribution in [0.25, 0.3) is 10.9 Å². The van der Waals surface area contributed by atoms with E-state index in [1.165, 1.54) is 12.1 Å². The smallest absolute Gasteiger partial charge is 0.378 e. The van der Waals surface area contributed by atoms with Crippen LogP contribution in [0.5, 0.6) is 0 Å². The highest BCUT2D eigenvalue weighted by molar-refractivity contribution is 5.96. The number of ether oxygens (including phenoxy) is 1. The summed E-state index contributed by atoms with van der Waals surface area (Å²) in [6.07, 6.45) is -3.85. The van der Waals surface area contributed by atoms with Gasteiger partial charge in [0.2, 0.25) is 0 Å². The number of amides is 1. The maximum Gasteiger partial charge on any atom is 0.416 e. The first-order chi connectivity index (χ1) is 15.1. The van der Waals surface area contributed by atoms with Crippen molar-refractivity contribution < 1.29 is 22.7 Å². The molecule has 1 fully saturated rings. The molecule has 0 spiro atoms. The van der Waals surface area contributed by atoms with E-state index >= 15 is 0 Å². The molecule has 1 amide bonds. The SMILES string of the molecule is Cc1ccc(C(=O)N2CCOCC2)c(C)c1Cc1cc2c(C)cc(C(F)(F)F)cc2n1C. The molecule has 170 valence electrons. The predicted octanol–water partition coefficient (Wildman–Crippen LogP) is 5.19. The molecule has 1 aliphatic rings. The fourth-order valence-corrected chi connectivity index (χ4v) is 4.51. The van der Waals surface area contributed by atoms with E-state index in [1.54, 1.807) is 14.0 Å². The topological polar surface area (TPSA) is 34.5 Å². The van der Waals surface area contributed by atoms with Gasteiger partial charge < -0.3 is 14.2 Å². The number of carbonyl (C=O) groups is 1. The quantitative estimate of drug-likeness (QED) is 0.558. The van der Waals surface area contributed by atoms with Gasteiger partial charge in [-0.2, -0.15) is 13.2 Å². The van der Waals surface area contributed by atoms with Crippen molar-refractivity contribution in [2.24, 2.45) is 7.05 Å². The number of aromatic nitrogens is 1. The zero-order chi connectivity index (χ0) is 23.2. The number of hydrogen-bond acceptors (Lipinski definition) is 2. The molecular formula is C25H27F3N2O2. The highest BCUT2D eigenvalue weighted by Crippen LogP contribution is 2.35. The molecule has 0 atom stereocenters. The summed E-state index contributed by atoms with van der Waals surface area (Å²) in [5.74, 6) is -0.00486. The van der Waals surface area contributed by atoms with Gasteiger partial charge in [0.15, 0.2) is 0 Å². The van der Waals surface area contributed by atoms with Gasteiger partial charge in [-0.05, 0) is 67.3 Å². The van der Waals surface area contributed by atoms with Crippen LogP contribution in [-0.2, 0) is 24.4 Å². The van der Waals surface area contributed by atoms with E-state index in [0.717, 1.165) is 27.8 Å². The minimum Gasteiger partial charge on any atom is -0.378 e. The number of benzene rings is 2. The molecule has 0 bridgehead atoms. The molecule has 0 saturated carbocycles. The van der Waals surface area contributed by atoms with Crippen LogP contribution in [0.4, 0.5) is 13.2 Å². The second kappa shape index (κ2) is 8.28. The Bertz CT molecular complexity index is 1190. The third kappa shape index (κ3) is 4.01. The molecule has 0 radical (unpaired) electrons. The van der Waals surface area contributed by atoms with Gasteiger partial charge in [0.1, 0.15) is 0 Å². The number of rotatable bonds is 3.